The van der Waals surface area contributed by atoms with Gasteiger partial charge in [-0.05, 0) is 50.4 Å². The number of piperidine rings is 1. The third-order valence-corrected chi connectivity index (χ3v) is 6.22. The normalized spacial score (nSPS) is 26.1. The highest BCUT2D eigenvalue weighted by Gasteiger charge is 2.58. The van der Waals surface area contributed by atoms with Crippen molar-refractivity contribution in [1.29, 1.82) is 0 Å². The van der Waals surface area contributed by atoms with Crippen LogP contribution in [0.1, 0.15) is 60.3 Å². The third kappa shape index (κ3) is 2.43. The number of nitrogens with one attached hydrogen (secondary N) is 1. The maximum absolute atomic E-state index is 13.4. The zero-order chi connectivity index (χ0) is 16.9. The van der Waals surface area contributed by atoms with Crippen LogP contribution in [0.3, 0.4) is 0 Å². The minimum Gasteiger partial charge on any atom is -0.337 e. The molecular weight excluding hydrogens is 319 g/mol. The standard InChI is InChI=1S/C17H22F3N3O/c18-17(19,20)13-6-9-23(10-16(13)7-3-8-16)15(24)14-11-4-1-2-5-12(11)21-22-14/h13H,1-10H2,(H,21,22). The third-order valence-electron chi connectivity index (χ3n) is 6.22. The zero-order valence-electron chi connectivity index (χ0n) is 13.6. The molecule has 4 rings (SSSR count). The number of halogens is 3. The number of rotatable bonds is 1. The Bertz CT molecular complexity index is 648. The number of carbonyl (C=O) groups is 1. The number of aromatic nitrogens is 2. The molecule has 0 radical (unpaired) electrons. The van der Waals surface area contributed by atoms with Crippen LogP contribution >= 0.6 is 0 Å². The first-order valence-electron chi connectivity index (χ1n) is 8.83. The van der Waals surface area contributed by atoms with E-state index in [4.69, 9.17) is 0 Å². The molecule has 1 N–H and O–H groups in total. The van der Waals surface area contributed by atoms with Gasteiger partial charge in [0.25, 0.3) is 5.91 Å². The van der Waals surface area contributed by atoms with Crippen LogP contribution in [0, 0.1) is 11.3 Å². The van der Waals surface area contributed by atoms with Crippen LogP contribution in [0.5, 0.6) is 0 Å². The predicted molar refractivity (Wildman–Crippen MR) is 81.6 cm³/mol. The van der Waals surface area contributed by atoms with Gasteiger partial charge in [-0.1, -0.05) is 6.42 Å². The summed E-state index contributed by atoms with van der Waals surface area (Å²) >= 11 is 0. The lowest BCUT2D eigenvalue weighted by Gasteiger charge is -2.54. The lowest BCUT2D eigenvalue weighted by Crippen LogP contribution is -2.57. The molecule has 1 spiro atoms. The van der Waals surface area contributed by atoms with Crippen molar-refractivity contribution >= 4 is 5.91 Å². The molecule has 1 unspecified atom stereocenters. The van der Waals surface area contributed by atoms with Gasteiger partial charge in [-0.25, -0.2) is 0 Å². The van der Waals surface area contributed by atoms with Gasteiger partial charge in [0.2, 0.25) is 0 Å². The van der Waals surface area contributed by atoms with Crippen molar-refractivity contribution < 1.29 is 18.0 Å². The number of alkyl halides is 3. The summed E-state index contributed by atoms with van der Waals surface area (Å²) in [5.41, 5.74) is 1.67. The van der Waals surface area contributed by atoms with E-state index < -0.39 is 17.5 Å². The van der Waals surface area contributed by atoms with E-state index in [-0.39, 0.29) is 25.4 Å². The Hall–Kier alpha value is -1.53. The van der Waals surface area contributed by atoms with Gasteiger partial charge < -0.3 is 4.90 Å². The quantitative estimate of drug-likeness (QED) is 0.850. The Balaban J connectivity index is 1.56. The Morgan fingerprint density at radius 2 is 1.96 bits per heavy atom. The van der Waals surface area contributed by atoms with E-state index in [1.165, 1.54) is 0 Å². The number of H-pyrrole nitrogens is 1. The summed E-state index contributed by atoms with van der Waals surface area (Å²) in [5, 5.41) is 7.14. The van der Waals surface area contributed by atoms with Gasteiger partial charge in [0.05, 0.1) is 5.92 Å². The van der Waals surface area contributed by atoms with Crippen molar-refractivity contribution in [2.75, 3.05) is 13.1 Å². The molecule has 1 aliphatic heterocycles. The predicted octanol–water partition coefficient (Wildman–Crippen LogP) is 3.48. The van der Waals surface area contributed by atoms with Crippen LogP contribution < -0.4 is 0 Å². The van der Waals surface area contributed by atoms with E-state index in [1.807, 2.05) is 0 Å². The Labute approximate surface area is 138 Å². The number of aryl methyl sites for hydroxylation is 1. The van der Waals surface area contributed by atoms with E-state index in [0.717, 1.165) is 43.4 Å². The van der Waals surface area contributed by atoms with Crippen LogP contribution in [0.2, 0.25) is 0 Å². The SMILES string of the molecule is O=C(c1n[nH]c2c1CCCC2)N1CCC(C(F)(F)F)C2(CCC2)C1. The molecular formula is C17H22F3N3O. The number of likely N-dealkylation sites (tertiary alicyclic amines) is 1. The number of nitrogens with zero attached hydrogens (tertiary/aromatic N) is 2. The van der Waals surface area contributed by atoms with Crippen molar-refractivity contribution in [3.05, 3.63) is 17.0 Å². The minimum atomic E-state index is -4.17. The van der Waals surface area contributed by atoms with Crippen LogP contribution in [0.15, 0.2) is 0 Å². The molecule has 1 aromatic heterocycles. The summed E-state index contributed by atoms with van der Waals surface area (Å²) in [4.78, 5) is 14.5. The summed E-state index contributed by atoms with van der Waals surface area (Å²) in [6, 6.07) is 0. The summed E-state index contributed by atoms with van der Waals surface area (Å²) in [5.74, 6) is -1.46. The molecule has 7 heteroatoms. The maximum atomic E-state index is 13.4. The molecule has 2 fully saturated rings. The average molecular weight is 341 g/mol. The summed E-state index contributed by atoms with van der Waals surface area (Å²) in [7, 11) is 0. The molecule has 132 valence electrons. The number of fused-ring (bicyclic) bond motifs is 1. The van der Waals surface area contributed by atoms with Gasteiger partial charge in [0, 0.05) is 24.3 Å². The molecule has 2 aliphatic carbocycles. The number of carbonyl (C=O) groups excluding carboxylic acids is 1. The zero-order valence-corrected chi connectivity index (χ0v) is 13.6. The molecule has 1 atom stereocenters. The smallest absolute Gasteiger partial charge is 0.337 e. The molecule has 1 saturated carbocycles. The second-order valence-corrected chi connectivity index (χ2v) is 7.56. The first-order valence-corrected chi connectivity index (χ1v) is 8.83. The van der Waals surface area contributed by atoms with Crippen LogP contribution in [-0.2, 0) is 12.8 Å². The van der Waals surface area contributed by atoms with E-state index in [2.05, 4.69) is 10.2 Å². The van der Waals surface area contributed by atoms with E-state index >= 15 is 0 Å². The molecule has 0 bridgehead atoms. The maximum Gasteiger partial charge on any atom is 0.392 e. The van der Waals surface area contributed by atoms with E-state index in [1.54, 1.807) is 4.90 Å². The first kappa shape index (κ1) is 16.0. The highest BCUT2D eigenvalue weighted by atomic mass is 19.4. The van der Waals surface area contributed by atoms with Crippen LogP contribution in [0.4, 0.5) is 13.2 Å². The van der Waals surface area contributed by atoms with Crippen molar-refractivity contribution in [2.24, 2.45) is 11.3 Å². The Kier molecular flexibility index (Phi) is 3.65. The van der Waals surface area contributed by atoms with Gasteiger partial charge in [-0.15, -0.1) is 0 Å². The monoisotopic (exact) mass is 341 g/mol. The number of hydrogen-bond acceptors (Lipinski definition) is 2. The Morgan fingerprint density at radius 1 is 1.21 bits per heavy atom. The number of hydrogen-bond donors (Lipinski definition) is 1. The minimum absolute atomic E-state index is 0.0157. The molecule has 1 saturated heterocycles. The highest BCUT2D eigenvalue weighted by Crippen LogP contribution is 2.56. The highest BCUT2D eigenvalue weighted by molar-refractivity contribution is 5.94. The van der Waals surface area contributed by atoms with Crippen molar-refractivity contribution in [3.8, 4) is 0 Å². The second-order valence-electron chi connectivity index (χ2n) is 7.56. The molecule has 3 aliphatic rings. The van der Waals surface area contributed by atoms with Crippen LogP contribution in [0.25, 0.3) is 0 Å². The molecule has 4 nitrogen and oxygen atoms in total. The molecule has 1 aromatic rings. The molecule has 0 aromatic carbocycles. The fourth-order valence-electron chi connectivity index (χ4n) is 4.79. The van der Waals surface area contributed by atoms with Gasteiger partial charge in [-0.2, -0.15) is 18.3 Å². The summed E-state index contributed by atoms with van der Waals surface area (Å²) < 4.78 is 40.1. The molecule has 24 heavy (non-hydrogen) atoms. The molecule has 2 heterocycles. The van der Waals surface area contributed by atoms with Crippen molar-refractivity contribution in [1.82, 2.24) is 15.1 Å². The Morgan fingerprint density at radius 3 is 2.62 bits per heavy atom. The first-order chi connectivity index (χ1) is 11.4. The lowest BCUT2D eigenvalue weighted by molar-refractivity contribution is -0.235. The fourth-order valence-corrected chi connectivity index (χ4v) is 4.79. The lowest BCUT2D eigenvalue weighted by atomic mass is 9.58. The van der Waals surface area contributed by atoms with Crippen molar-refractivity contribution in [3.63, 3.8) is 0 Å². The van der Waals surface area contributed by atoms with Gasteiger partial charge in [0.15, 0.2) is 5.69 Å². The summed E-state index contributed by atoms with van der Waals surface area (Å²) in [6.07, 6.45) is 1.66. The largest absolute Gasteiger partial charge is 0.392 e. The number of amides is 1. The van der Waals surface area contributed by atoms with Gasteiger partial charge in [-0.3, -0.25) is 9.89 Å². The average Bonchev–Trinajstić information content (AvgIpc) is 2.95. The topological polar surface area (TPSA) is 49.0 Å². The van der Waals surface area contributed by atoms with Gasteiger partial charge >= 0.3 is 6.18 Å². The van der Waals surface area contributed by atoms with Crippen molar-refractivity contribution in [2.45, 2.75) is 57.5 Å². The van der Waals surface area contributed by atoms with Crippen LogP contribution in [-0.4, -0.2) is 40.3 Å². The second kappa shape index (κ2) is 5.49. The summed E-state index contributed by atoms with van der Waals surface area (Å²) in [6.45, 7) is 0.393. The van der Waals surface area contributed by atoms with E-state index in [0.29, 0.717) is 18.5 Å². The fraction of sp³-hybridized carbons (Fsp3) is 0.765. The van der Waals surface area contributed by atoms with Gasteiger partial charge in [0.1, 0.15) is 0 Å². The molecule has 1 amide bonds. The van der Waals surface area contributed by atoms with E-state index in [9.17, 15) is 18.0 Å². The number of aromatic amines is 1.